The fourth-order valence-corrected chi connectivity index (χ4v) is 3.21. The van der Waals surface area contributed by atoms with Gasteiger partial charge in [-0.1, -0.05) is 12.1 Å². The van der Waals surface area contributed by atoms with Crippen LogP contribution in [0.1, 0.15) is 43.2 Å². The second-order valence-electron chi connectivity index (χ2n) is 7.78. The Labute approximate surface area is 192 Å². The molecule has 1 saturated carbocycles. The van der Waals surface area contributed by atoms with Crippen molar-refractivity contribution in [3.05, 3.63) is 29.3 Å². The van der Waals surface area contributed by atoms with Crippen molar-refractivity contribution in [1.82, 2.24) is 10.6 Å². The molecule has 1 atom stereocenters. The average Bonchev–Trinajstić information content (AvgIpc) is 3.39. The maximum Gasteiger partial charge on any atom is 0.191 e. The monoisotopic (exact) mass is 517 g/mol. The standard InChI is InChI=1S/C22H35N3O3.HI/c1-17-6-9-19(21(13-17)28-15-18-7-8-18)14-25-22(23-2)24-10-4-11-26-16-20-5-3-12-27-20;/h6,9,13,18,20H,3-5,7-8,10-12,14-16H2,1-2H3,(H2,23,24,25);1H. The van der Waals surface area contributed by atoms with E-state index in [1.54, 1.807) is 7.05 Å². The zero-order chi connectivity index (χ0) is 19.6. The summed E-state index contributed by atoms with van der Waals surface area (Å²) >= 11 is 0. The maximum absolute atomic E-state index is 6.05. The Morgan fingerprint density at radius 1 is 1.21 bits per heavy atom. The summed E-state index contributed by atoms with van der Waals surface area (Å²) in [5, 5.41) is 6.73. The van der Waals surface area contributed by atoms with E-state index in [0.29, 0.717) is 19.3 Å². The number of ether oxygens (including phenoxy) is 3. The Morgan fingerprint density at radius 2 is 2.07 bits per heavy atom. The lowest BCUT2D eigenvalue weighted by Crippen LogP contribution is -2.37. The second-order valence-corrected chi connectivity index (χ2v) is 7.78. The minimum atomic E-state index is 0. The topological polar surface area (TPSA) is 64.1 Å². The molecule has 2 aliphatic rings. The van der Waals surface area contributed by atoms with Crippen molar-refractivity contribution in [2.75, 3.05) is 40.0 Å². The zero-order valence-corrected chi connectivity index (χ0v) is 20.1. The SMILES string of the molecule is CN=C(NCCCOCC1CCCO1)NCc1ccc(C)cc1OCC1CC1.I. The molecule has 1 aliphatic carbocycles. The van der Waals surface area contributed by atoms with Crippen molar-refractivity contribution >= 4 is 29.9 Å². The van der Waals surface area contributed by atoms with E-state index in [9.17, 15) is 0 Å². The molecular weight excluding hydrogens is 481 g/mol. The van der Waals surface area contributed by atoms with Crippen LogP contribution in [0.15, 0.2) is 23.2 Å². The summed E-state index contributed by atoms with van der Waals surface area (Å²) in [5.74, 6) is 2.53. The molecule has 0 bridgehead atoms. The van der Waals surface area contributed by atoms with Crippen molar-refractivity contribution in [1.29, 1.82) is 0 Å². The highest BCUT2D eigenvalue weighted by Crippen LogP contribution is 2.30. The molecule has 0 aromatic heterocycles. The molecule has 2 N–H and O–H groups in total. The third-order valence-corrected chi connectivity index (χ3v) is 5.15. The van der Waals surface area contributed by atoms with Crippen LogP contribution in [0, 0.1) is 12.8 Å². The molecule has 2 fully saturated rings. The fraction of sp³-hybridized carbons (Fsp3) is 0.682. The third-order valence-electron chi connectivity index (χ3n) is 5.15. The lowest BCUT2D eigenvalue weighted by Gasteiger charge is -2.15. The van der Waals surface area contributed by atoms with E-state index in [-0.39, 0.29) is 24.0 Å². The van der Waals surface area contributed by atoms with Crippen LogP contribution in [-0.2, 0) is 16.0 Å². The van der Waals surface area contributed by atoms with Crippen molar-refractivity contribution < 1.29 is 14.2 Å². The summed E-state index contributed by atoms with van der Waals surface area (Å²) in [6.07, 6.45) is 6.12. The van der Waals surface area contributed by atoms with Crippen LogP contribution in [0.2, 0.25) is 0 Å². The van der Waals surface area contributed by atoms with Gasteiger partial charge in [-0.15, -0.1) is 24.0 Å². The van der Waals surface area contributed by atoms with Crippen molar-refractivity contribution in [2.24, 2.45) is 10.9 Å². The summed E-state index contributed by atoms with van der Waals surface area (Å²) in [5.41, 5.74) is 2.38. The first-order valence-corrected chi connectivity index (χ1v) is 10.6. The molecular formula is C22H36IN3O3. The summed E-state index contributed by atoms with van der Waals surface area (Å²) < 4.78 is 17.3. The highest BCUT2D eigenvalue weighted by molar-refractivity contribution is 14.0. The number of halogens is 1. The Kier molecular flexibility index (Phi) is 11.1. The number of rotatable bonds is 11. The smallest absolute Gasteiger partial charge is 0.191 e. The van der Waals surface area contributed by atoms with E-state index < -0.39 is 0 Å². The van der Waals surface area contributed by atoms with E-state index in [1.165, 1.54) is 18.4 Å². The summed E-state index contributed by atoms with van der Waals surface area (Å²) in [6.45, 7) is 6.77. The van der Waals surface area contributed by atoms with Crippen molar-refractivity contribution in [2.45, 2.75) is 51.7 Å². The van der Waals surface area contributed by atoms with E-state index >= 15 is 0 Å². The highest BCUT2D eigenvalue weighted by atomic mass is 127. The molecule has 0 radical (unpaired) electrons. The molecule has 1 heterocycles. The minimum absolute atomic E-state index is 0. The predicted octanol–water partition coefficient (Wildman–Crippen LogP) is 3.65. The van der Waals surface area contributed by atoms with Gasteiger partial charge in [-0.05, 0) is 56.6 Å². The van der Waals surface area contributed by atoms with Gasteiger partial charge in [0.1, 0.15) is 5.75 Å². The molecule has 1 unspecified atom stereocenters. The van der Waals surface area contributed by atoms with Gasteiger partial charge in [-0.3, -0.25) is 4.99 Å². The largest absolute Gasteiger partial charge is 0.493 e. The normalized spacial score (nSPS) is 19.0. The number of guanidine groups is 1. The third kappa shape index (κ3) is 9.09. The average molecular weight is 517 g/mol. The highest BCUT2D eigenvalue weighted by Gasteiger charge is 2.22. The first-order valence-electron chi connectivity index (χ1n) is 10.6. The maximum atomic E-state index is 6.05. The molecule has 0 spiro atoms. The lowest BCUT2D eigenvalue weighted by atomic mass is 10.1. The molecule has 0 amide bonds. The van der Waals surface area contributed by atoms with Crippen LogP contribution in [-0.4, -0.2) is 52.1 Å². The first-order chi connectivity index (χ1) is 13.7. The number of aliphatic imine (C=N–C) groups is 1. The van der Waals surface area contributed by atoms with Crippen LogP contribution in [0.4, 0.5) is 0 Å². The minimum Gasteiger partial charge on any atom is -0.493 e. The van der Waals surface area contributed by atoms with E-state index in [1.807, 2.05) is 0 Å². The molecule has 3 rings (SSSR count). The van der Waals surface area contributed by atoms with Gasteiger partial charge in [-0.25, -0.2) is 0 Å². The van der Waals surface area contributed by atoms with Gasteiger partial charge in [0.05, 0.1) is 19.3 Å². The van der Waals surface area contributed by atoms with Crippen LogP contribution in [0.5, 0.6) is 5.75 Å². The van der Waals surface area contributed by atoms with Crippen molar-refractivity contribution in [3.8, 4) is 5.75 Å². The van der Waals surface area contributed by atoms with E-state index in [4.69, 9.17) is 14.2 Å². The summed E-state index contributed by atoms with van der Waals surface area (Å²) in [6, 6.07) is 6.39. The van der Waals surface area contributed by atoms with Crippen LogP contribution in [0.25, 0.3) is 0 Å². The number of benzene rings is 1. The Bertz CT molecular complexity index is 632. The van der Waals surface area contributed by atoms with Crippen LogP contribution < -0.4 is 15.4 Å². The van der Waals surface area contributed by atoms with E-state index in [0.717, 1.165) is 68.8 Å². The van der Waals surface area contributed by atoms with Crippen LogP contribution >= 0.6 is 24.0 Å². The van der Waals surface area contributed by atoms with E-state index in [2.05, 4.69) is 40.7 Å². The van der Waals surface area contributed by atoms with Gasteiger partial charge in [-0.2, -0.15) is 0 Å². The molecule has 29 heavy (non-hydrogen) atoms. The number of nitrogens with zero attached hydrogens (tertiary/aromatic N) is 1. The quantitative estimate of drug-likeness (QED) is 0.203. The van der Waals surface area contributed by atoms with Gasteiger partial charge in [0.2, 0.25) is 0 Å². The van der Waals surface area contributed by atoms with Gasteiger partial charge >= 0.3 is 0 Å². The number of hydrogen-bond acceptors (Lipinski definition) is 4. The Morgan fingerprint density at radius 3 is 2.79 bits per heavy atom. The number of nitrogens with one attached hydrogen (secondary N) is 2. The fourth-order valence-electron chi connectivity index (χ4n) is 3.21. The second kappa shape index (κ2) is 13.3. The lowest BCUT2D eigenvalue weighted by molar-refractivity contribution is 0.0168. The van der Waals surface area contributed by atoms with Gasteiger partial charge < -0.3 is 24.8 Å². The van der Waals surface area contributed by atoms with Gasteiger partial charge in [0.25, 0.3) is 0 Å². The first kappa shape index (κ1) is 24.2. The van der Waals surface area contributed by atoms with Crippen LogP contribution in [0.3, 0.4) is 0 Å². The number of aryl methyl sites for hydroxylation is 1. The number of hydrogen-bond donors (Lipinski definition) is 2. The molecule has 1 aromatic rings. The molecule has 1 aliphatic heterocycles. The molecule has 164 valence electrons. The Balaban J connectivity index is 0.00000300. The summed E-state index contributed by atoms with van der Waals surface area (Å²) in [4.78, 5) is 4.31. The molecule has 7 heteroatoms. The molecule has 6 nitrogen and oxygen atoms in total. The molecule has 1 saturated heterocycles. The van der Waals surface area contributed by atoms with Gasteiger partial charge in [0, 0.05) is 38.9 Å². The molecule has 1 aromatic carbocycles. The van der Waals surface area contributed by atoms with Gasteiger partial charge in [0.15, 0.2) is 5.96 Å². The predicted molar refractivity (Wildman–Crippen MR) is 127 cm³/mol. The summed E-state index contributed by atoms with van der Waals surface area (Å²) in [7, 11) is 1.79. The Hall–Kier alpha value is -1.06. The van der Waals surface area contributed by atoms with Crippen molar-refractivity contribution in [3.63, 3.8) is 0 Å². The zero-order valence-electron chi connectivity index (χ0n) is 17.7.